The third kappa shape index (κ3) is 2.00. The minimum Gasteiger partial charge on any atom is -0.345 e. The second kappa shape index (κ2) is 3.94. The molecule has 0 aliphatic carbocycles. The van der Waals surface area contributed by atoms with Gasteiger partial charge in [0.05, 0.1) is 12.6 Å². The zero-order valence-corrected chi connectivity index (χ0v) is 7.54. The highest BCUT2D eigenvalue weighted by molar-refractivity contribution is 5.92. The van der Waals surface area contributed by atoms with E-state index in [0.717, 1.165) is 0 Å². The van der Waals surface area contributed by atoms with Crippen molar-refractivity contribution in [2.75, 3.05) is 13.1 Å². The van der Waals surface area contributed by atoms with Gasteiger partial charge in [-0.2, -0.15) is 0 Å². The molecule has 4 nitrogen and oxygen atoms in total. The summed E-state index contributed by atoms with van der Waals surface area (Å²) in [6.45, 7) is 2.04. The molecule has 1 unspecified atom stereocenters. The Kier molecular flexibility index (Phi) is 2.91. The van der Waals surface area contributed by atoms with Crippen molar-refractivity contribution in [2.24, 2.45) is 0 Å². The highest BCUT2D eigenvalue weighted by Gasteiger charge is 2.27. The largest absolute Gasteiger partial charge is 0.345 e. The van der Waals surface area contributed by atoms with Crippen LogP contribution in [0.25, 0.3) is 0 Å². The molecule has 1 atom stereocenters. The van der Waals surface area contributed by atoms with Crippen molar-refractivity contribution in [1.82, 2.24) is 10.2 Å². The normalized spacial score (nSPS) is 19.2. The first-order chi connectivity index (χ1) is 6.19. The van der Waals surface area contributed by atoms with Crippen LogP contribution >= 0.6 is 0 Å². The number of rotatable bonds is 2. The van der Waals surface area contributed by atoms with E-state index < -0.39 is 0 Å². The van der Waals surface area contributed by atoms with Gasteiger partial charge in [-0.3, -0.25) is 9.59 Å². The quantitative estimate of drug-likeness (QED) is 0.574. The number of terminal acetylenes is 1. The third-order valence-corrected chi connectivity index (χ3v) is 2.03. The average Bonchev–Trinajstić information content (AvgIpc) is 2.13. The van der Waals surface area contributed by atoms with Crippen molar-refractivity contribution < 1.29 is 9.59 Å². The summed E-state index contributed by atoms with van der Waals surface area (Å²) in [5.41, 5.74) is 0. The predicted octanol–water partition coefficient (Wildman–Crippen LogP) is -0.643. The fourth-order valence-corrected chi connectivity index (χ4v) is 1.29. The van der Waals surface area contributed by atoms with Gasteiger partial charge in [0, 0.05) is 0 Å². The molecule has 0 radical (unpaired) electrons. The first-order valence-electron chi connectivity index (χ1n) is 4.21. The molecule has 1 heterocycles. The molecule has 70 valence electrons. The maximum Gasteiger partial charge on any atom is 0.243 e. The van der Waals surface area contributed by atoms with Crippen LogP contribution in [0.5, 0.6) is 0 Å². The van der Waals surface area contributed by atoms with Gasteiger partial charge in [-0.05, 0) is 6.42 Å². The number of hydrogen-bond donors (Lipinski definition) is 1. The Morgan fingerprint density at radius 2 is 2.38 bits per heavy atom. The molecule has 13 heavy (non-hydrogen) atoms. The fraction of sp³-hybridized carbons (Fsp3) is 0.556. The van der Waals surface area contributed by atoms with Crippen LogP contribution in [0, 0.1) is 12.3 Å². The van der Waals surface area contributed by atoms with Gasteiger partial charge in [0.2, 0.25) is 11.8 Å². The molecule has 1 fully saturated rings. The maximum atomic E-state index is 11.3. The number of carbonyl (C=O) groups excluding carboxylic acids is 2. The predicted molar refractivity (Wildman–Crippen MR) is 47.6 cm³/mol. The van der Waals surface area contributed by atoms with Gasteiger partial charge in [-0.1, -0.05) is 12.8 Å². The van der Waals surface area contributed by atoms with Gasteiger partial charge in [-0.15, -0.1) is 6.42 Å². The van der Waals surface area contributed by atoms with Crippen molar-refractivity contribution in [3.8, 4) is 12.3 Å². The van der Waals surface area contributed by atoms with E-state index >= 15 is 0 Å². The standard InChI is InChI=1S/C9H12N2O2/c1-3-7(4-2)11-6-8(12)10-5-9(11)13/h1,7H,4-6H2,2H3,(H,10,12). The summed E-state index contributed by atoms with van der Waals surface area (Å²) in [6.07, 6.45) is 5.92. The Morgan fingerprint density at radius 3 is 2.92 bits per heavy atom. The molecule has 2 amide bonds. The fourth-order valence-electron chi connectivity index (χ4n) is 1.29. The zero-order valence-electron chi connectivity index (χ0n) is 7.54. The molecule has 1 saturated heterocycles. The molecule has 1 aliphatic rings. The van der Waals surface area contributed by atoms with E-state index in [2.05, 4.69) is 11.2 Å². The first-order valence-corrected chi connectivity index (χ1v) is 4.21. The SMILES string of the molecule is C#CC(CC)N1CC(=O)NCC1=O. The number of nitrogens with zero attached hydrogens (tertiary/aromatic N) is 1. The van der Waals surface area contributed by atoms with E-state index in [4.69, 9.17) is 6.42 Å². The molecule has 1 N–H and O–H groups in total. The van der Waals surface area contributed by atoms with Gasteiger partial charge < -0.3 is 10.2 Å². The maximum absolute atomic E-state index is 11.3. The smallest absolute Gasteiger partial charge is 0.243 e. The Bertz CT molecular complexity index is 267. The summed E-state index contributed by atoms with van der Waals surface area (Å²) in [5, 5.41) is 2.47. The molecule has 0 saturated carbocycles. The molecule has 0 bridgehead atoms. The van der Waals surface area contributed by atoms with Crippen LogP contribution in [0.3, 0.4) is 0 Å². The van der Waals surface area contributed by atoms with Gasteiger partial charge in [0.15, 0.2) is 0 Å². The van der Waals surface area contributed by atoms with E-state index in [9.17, 15) is 9.59 Å². The summed E-state index contributed by atoms with van der Waals surface area (Å²) in [4.78, 5) is 23.7. The summed E-state index contributed by atoms with van der Waals surface area (Å²) in [7, 11) is 0. The minimum atomic E-state index is -0.251. The van der Waals surface area contributed by atoms with Gasteiger partial charge in [-0.25, -0.2) is 0 Å². The average molecular weight is 180 g/mol. The summed E-state index contributed by atoms with van der Waals surface area (Å²) >= 11 is 0. The Morgan fingerprint density at radius 1 is 1.69 bits per heavy atom. The lowest BCUT2D eigenvalue weighted by Gasteiger charge is -2.30. The van der Waals surface area contributed by atoms with Crippen molar-refractivity contribution in [3.05, 3.63) is 0 Å². The van der Waals surface area contributed by atoms with Crippen LogP contribution in [0.1, 0.15) is 13.3 Å². The van der Waals surface area contributed by atoms with Gasteiger partial charge in [0.1, 0.15) is 6.54 Å². The molecule has 1 rings (SSSR count). The van der Waals surface area contributed by atoms with Crippen molar-refractivity contribution in [2.45, 2.75) is 19.4 Å². The first kappa shape index (κ1) is 9.59. The lowest BCUT2D eigenvalue weighted by Crippen LogP contribution is -2.54. The van der Waals surface area contributed by atoms with Crippen molar-refractivity contribution in [3.63, 3.8) is 0 Å². The van der Waals surface area contributed by atoms with Crippen LogP contribution in [0.15, 0.2) is 0 Å². The lowest BCUT2D eigenvalue weighted by molar-refractivity contribution is -0.141. The third-order valence-electron chi connectivity index (χ3n) is 2.03. The van der Waals surface area contributed by atoms with Gasteiger partial charge >= 0.3 is 0 Å². The summed E-state index contributed by atoms with van der Waals surface area (Å²) in [6, 6.07) is -0.251. The monoisotopic (exact) mass is 180 g/mol. The number of carbonyl (C=O) groups is 2. The number of piperazine rings is 1. The second-order valence-corrected chi connectivity index (χ2v) is 2.89. The number of hydrogen-bond acceptors (Lipinski definition) is 2. The van der Waals surface area contributed by atoms with Crippen LogP contribution in [0.4, 0.5) is 0 Å². The summed E-state index contributed by atoms with van der Waals surface area (Å²) < 4.78 is 0. The molecule has 0 aromatic rings. The molecule has 0 spiro atoms. The highest BCUT2D eigenvalue weighted by atomic mass is 16.2. The highest BCUT2D eigenvalue weighted by Crippen LogP contribution is 2.05. The Balaban J connectivity index is 2.71. The van der Waals surface area contributed by atoms with Crippen molar-refractivity contribution >= 4 is 11.8 Å². The summed E-state index contributed by atoms with van der Waals surface area (Å²) in [5.74, 6) is 2.25. The Labute approximate surface area is 77.3 Å². The zero-order chi connectivity index (χ0) is 9.84. The molecule has 4 heteroatoms. The van der Waals surface area contributed by atoms with E-state index in [0.29, 0.717) is 6.42 Å². The van der Waals surface area contributed by atoms with Crippen LogP contribution in [-0.2, 0) is 9.59 Å². The van der Waals surface area contributed by atoms with Gasteiger partial charge in [0.25, 0.3) is 0 Å². The minimum absolute atomic E-state index is 0.0665. The van der Waals surface area contributed by atoms with Crippen LogP contribution < -0.4 is 5.32 Å². The lowest BCUT2D eigenvalue weighted by atomic mass is 10.2. The van der Waals surface area contributed by atoms with E-state index in [1.807, 2.05) is 6.92 Å². The number of nitrogens with one attached hydrogen (secondary N) is 1. The van der Waals surface area contributed by atoms with E-state index in [1.165, 1.54) is 4.90 Å². The molecular weight excluding hydrogens is 168 g/mol. The second-order valence-electron chi connectivity index (χ2n) is 2.89. The molecule has 0 aromatic heterocycles. The van der Waals surface area contributed by atoms with Crippen LogP contribution in [-0.4, -0.2) is 35.8 Å². The van der Waals surface area contributed by atoms with E-state index in [1.54, 1.807) is 0 Å². The molecule has 0 aromatic carbocycles. The van der Waals surface area contributed by atoms with E-state index in [-0.39, 0.29) is 30.9 Å². The number of amides is 2. The van der Waals surface area contributed by atoms with Crippen molar-refractivity contribution in [1.29, 1.82) is 0 Å². The molecular formula is C9H12N2O2. The van der Waals surface area contributed by atoms with Crippen LogP contribution in [0.2, 0.25) is 0 Å². The molecule has 1 aliphatic heterocycles. The Hall–Kier alpha value is -1.50. The topological polar surface area (TPSA) is 49.4 Å².